The number of carbonyl (C=O) groups excluding carboxylic acids is 1. The second kappa shape index (κ2) is 6.35. The number of halogens is 1. The summed E-state index contributed by atoms with van der Waals surface area (Å²) in [4.78, 5) is 23.9. The maximum atomic E-state index is 13.2. The van der Waals surface area contributed by atoms with E-state index in [1.807, 2.05) is 27.8 Å². The molecule has 0 N–H and O–H groups in total. The van der Waals surface area contributed by atoms with Gasteiger partial charge in [0.05, 0.1) is 11.8 Å². The van der Waals surface area contributed by atoms with Crippen LogP contribution in [-0.2, 0) is 0 Å². The first-order valence-electron chi connectivity index (χ1n) is 8.27. The molecule has 0 unspecified atom stereocenters. The van der Waals surface area contributed by atoms with E-state index in [1.54, 1.807) is 6.20 Å². The lowest BCUT2D eigenvalue weighted by molar-refractivity contribution is 0.0860. The summed E-state index contributed by atoms with van der Waals surface area (Å²) in [6.07, 6.45) is 7.91. The molecule has 1 aliphatic rings. The molecular weight excluding hydrogens is 327 g/mol. The molecular formula is C17H23FN4OS. The highest BCUT2D eigenvalue weighted by molar-refractivity contribution is 7.92. The Balaban J connectivity index is 2.08. The van der Waals surface area contributed by atoms with E-state index in [0.717, 1.165) is 18.7 Å². The van der Waals surface area contributed by atoms with Gasteiger partial charge < -0.3 is 4.90 Å². The summed E-state index contributed by atoms with van der Waals surface area (Å²) in [6, 6.07) is 0.455. The minimum absolute atomic E-state index is 0.0351. The van der Waals surface area contributed by atoms with Crippen LogP contribution < -0.4 is 4.90 Å². The summed E-state index contributed by atoms with van der Waals surface area (Å²) in [5, 5.41) is 0. The predicted molar refractivity (Wildman–Crippen MR) is 96.1 cm³/mol. The van der Waals surface area contributed by atoms with Gasteiger partial charge >= 0.3 is 0 Å². The molecule has 0 aromatic carbocycles. The van der Waals surface area contributed by atoms with Gasteiger partial charge in [-0.25, -0.2) is 13.9 Å². The van der Waals surface area contributed by atoms with Crippen molar-refractivity contribution in [2.24, 2.45) is 5.41 Å². The van der Waals surface area contributed by atoms with Crippen molar-refractivity contribution >= 4 is 35.1 Å². The van der Waals surface area contributed by atoms with E-state index in [4.69, 9.17) is 0 Å². The highest BCUT2D eigenvalue weighted by atomic mass is 32.2. The van der Waals surface area contributed by atoms with Gasteiger partial charge in [0, 0.05) is 24.7 Å². The number of anilines is 1. The van der Waals surface area contributed by atoms with E-state index in [0.29, 0.717) is 22.8 Å². The molecule has 7 heteroatoms. The summed E-state index contributed by atoms with van der Waals surface area (Å²) in [5.41, 5.74) is 0.729. The molecule has 5 nitrogen and oxygen atoms in total. The highest BCUT2D eigenvalue weighted by Crippen LogP contribution is 2.31. The summed E-state index contributed by atoms with van der Waals surface area (Å²) < 4.78 is 14.5. The van der Waals surface area contributed by atoms with Gasteiger partial charge in [-0.1, -0.05) is 33.6 Å². The Hall–Kier alpha value is -1.63. The molecule has 0 amide bonds. The number of fused-ring (bicyclic) bond motifs is 1. The van der Waals surface area contributed by atoms with Crippen LogP contribution in [0.3, 0.4) is 0 Å². The summed E-state index contributed by atoms with van der Waals surface area (Å²) in [6.45, 7) is 5.55. The summed E-state index contributed by atoms with van der Waals surface area (Å²) in [7, 11) is 2.01. The maximum absolute atomic E-state index is 13.2. The standard InChI is InChI=1S/C17H23FN4OS/c1-17(2,3)15(23)12-10-22(24-18)16-14(12)20-13(9-19-16)21(4)11-7-5-6-8-11/h9-11H,5-8H2,1-4H3. The third kappa shape index (κ3) is 3.01. The van der Waals surface area contributed by atoms with Gasteiger partial charge in [-0.15, -0.1) is 3.89 Å². The molecule has 0 atom stereocenters. The molecule has 2 aromatic heterocycles. The van der Waals surface area contributed by atoms with Crippen LogP contribution >= 0.6 is 12.3 Å². The van der Waals surface area contributed by atoms with Crippen molar-refractivity contribution in [2.45, 2.75) is 52.5 Å². The fourth-order valence-corrected chi connectivity index (χ4v) is 3.57. The van der Waals surface area contributed by atoms with Crippen LogP contribution in [0.1, 0.15) is 56.8 Å². The Kier molecular flexibility index (Phi) is 4.55. The van der Waals surface area contributed by atoms with Gasteiger partial charge in [-0.05, 0) is 12.8 Å². The lowest BCUT2D eigenvalue weighted by atomic mass is 9.87. The molecule has 3 rings (SSSR count). The van der Waals surface area contributed by atoms with Crippen molar-refractivity contribution < 1.29 is 8.68 Å². The first kappa shape index (κ1) is 17.2. The number of hydrogen-bond acceptors (Lipinski definition) is 5. The molecule has 130 valence electrons. The monoisotopic (exact) mass is 350 g/mol. The zero-order valence-electron chi connectivity index (χ0n) is 14.5. The minimum Gasteiger partial charge on any atom is -0.355 e. The van der Waals surface area contributed by atoms with E-state index in [1.165, 1.54) is 23.0 Å². The van der Waals surface area contributed by atoms with Crippen molar-refractivity contribution in [1.82, 2.24) is 13.9 Å². The normalized spacial score (nSPS) is 16.0. The van der Waals surface area contributed by atoms with Crippen LogP contribution in [0, 0.1) is 5.41 Å². The lowest BCUT2D eigenvalue weighted by Crippen LogP contribution is -2.29. The fourth-order valence-electron chi connectivity index (χ4n) is 3.23. The summed E-state index contributed by atoms with van der Waals surface area (Å²) >= 11 is 0.0351. The Morgan fingerprint density at radius 1 is 1.38 bits per heavy atom. The second-order valence-corrected chi connectivity index (χ2v) is 8.00. The predicted octanol–water partition coefficient (Wildman–Crippen LogP) is 4.42. The Bertz CT molecular complexity index is 762. The number of rotatable bonds is 4. The first-order chi connectivity index (χ1) is 11.3. The number of carbonyl (C=O) groups is 1. The molecule has 0 spiro atoms. The third-order valence-corrected chi connectivity index (χ3v) is 5.11. The maximum Gasteiger partial charge on any atom is 0.172 e. The first-order valence-corrected chi connectivity index (χ1v) is 8.95. The molecule has 0 saturated heterocycles. The van der Waals surface area contributed by atoms with Crippen molar-refractivity contribution in [3.63, 3.8) is 0 Å². The van der Waals surface area contributed by atoms with E-state index < -0.39 is 5.41 Å². The quantitative estimate of drug-likeness (QED) is 0.764. The molecule has 0 bridgehead atoms. The number of hydrogen-bond donors (Lipinski definition) is 0. The molecule has 0 aliphatic heterocycles. The van der Waals surface area contributed by atoms with Crippen LogP contribution in [-0.4, -0.2) is 32.8 Å². The molecule has 1 fully saturated rings. The van der Waals surface area contributed by atoms with E-state index in [2.05, 4.69) is 14.9 Å². The second-order valence-electron chi connectivity index (χ2n) is 7.47. The molecule has 0 radical (unpaired) electrons. The number of ketones is 1. The lowest BCUT2D eigenvalue weighted by Gasteiger charge is -2.25. The van der Waals surface area contributed by atoms with Crippen molar-refractivity contribution in [3.8, 4) is 0 Å². The van der Waals surface area contributed by atoms with Gasteiger partial charge in [0.25, 0.3) is 0 Å². The van der Waals surface area contributed by atoms with Gasteiger partial charge in [-0.3, -0.25) is 4.79 Å². The number of Topliss-reactive ketones (excluding diaryl/α,β-unsaturated/α-hetero) is 1. The zero-order valence-corrected chi connectivity index (χ0v) is 15.4. The van der Waals surface area contributed by atoms with Gasteiger partial charge in [0.2, 0.25) is 0 Å². The van der Waals surface area contributed by atoms with Crippen molar-refractivity contribution in [3.05, 3.63) is 18.0 Å². The smallest absolute Gasteiger partial charge is 0.172 e. The average molecular weight is 350 g/mol. The van der Waals surface area contributed by atoms with Crippen LogP contribution in [0.5, 0.6) is 0 Å². The van der Waals surface area contributed by atoms with E-state index in [9.17, 15) is 8.68 Å². The molecule has 2 heterocycles. The Morgan fingerprint density at radius 2 is 2.04 bits per heavy atom. The minimum atomic E-state index is -0.560. The molecule has 24 heavy (non-hydrogen) atoms. The SMILES string of the molecule is CN(c1cnc2c(n1)c(C(=O)C(C)(C)C)cn2SF)C1CCCC1. The molecule has 1 aliphatic carbocycles. The van der Waals surface area contributed by atoms with Gasteiger partial charge in [-0.2, -0.15) is 0 Å². The number of aromatic nitrogens is 3. The molecule has 2 aromatic rings. The van der Waals surface area contributed by atoms with Gasteiger partial charge in [0.15, 0.2) is 23.8 Å². The molecule has 1 saturated carbocycles. The van der Waals surface area contributed by atoms with Crippen LogP contribution in [0.15, 0.2) is 12.4 Å². The Labute approximate surface area is 146 Å². The largest absolute Gasteiger partial charge is 0.355 e. The van der Waals surface area contributed by atoms with Crippen LogP contribution in [0.4, 0.5) is 9.70 Å². The fraction of sp³-hybridized carbons (Fsp3) is 0.588. The Morgan fingerprint density at radius 3 is 2.62 bits per heavy atom. The third-order valence-electron chi connectivity index (χ3n) is 4.68. The van der Waals surface area contributed by atoms with E-state index in [-0.39, 0.29) is 18.1 Å². The van der Waals surface area contributed by atoms with Crippen molar-refractivity contribution in [2.75, 3.05) is 11.9 Å². The van der Waals surface area contributed by atoms with Gasteiger partial charge in [0.1, 0.15) is 11.3 Å². The van der Waals surface area contributed by atoms with Crippen LogP contribution in [0.25, 0.3) is 11.2 Å². The van der Waals surface area contributed by atoms with E-state index >= 15 is 0 Å². The zero-order chi connectivity index (χ0) is 17.5. The van der Waals surface area contributed by atoms with Crippen LogP contribution in [0.2, 0.25) is 0 Å². The topological polar surface area (TPSA) is 51.0 Å². The highest BCUT2D eigenvalue weighted by Gasteiger charge is 2.29. The van der Waals surface area contributed by atoms with Crippen molar-refractivity contribution in [1.29, 1.82) is 0 Å². The number of nitrogens with zero attached hydrogens (tertiary/aromatic N) is 4. The summed E-state index contributed by atoms with van der Waals surface area (Å²) in [5.74, 6) is 0.675. The average Bonchev–Trinajstić information content (AvgIpc) is 3.19.